The SMILES string of the molecule is C=C[C@@](C)(CCC=C(C)C)OC(=O)CC. The fraction of sp³-hybridized carbons (Fsp3) is 0.615. The Morgan fingerprint density at radius 2 is 2.07 bits per heavy atom. The molecule has 15 heavy (non-hydrogen) atoms. The number of ether oxygens (including phenoxy) is 1. The Morgan fingerprint density at radius 3 is 2.47 bits per heavy atom. The lowest BCUT2D eigenvalue weighted by Crippen LogP contribution is -2.28. The third-order valence-corrected chi connectivity index (χ3v) is 2.26. The van der Waals surface area contributed by atoms with Crippen molar-refractivity contribution in [3.8, 4) is 0 Å². The fourth-order valence-electron chi connectivity index (χ4n) is 1.17. The van der Waals surface area contributed by atoms with Gasteiger partial charge in [0.25, 0.3) is 0 Å². The summed E-state index contributed by atoms with van der Waals surface area (Å²) in [7, 11) is 0. The summed E-state index contributed by atoms with van der Waals surface area (Å²) in [6.45, 7) is 11.5. The third-order valence-electron chi connectivity index (χ3n) is 2.26. The van der Waals surface area contributed by atoms with Crippen LogP contribution in [-0.4, -0.2) is 11.6 Å². The molecule has 0 aliphatic heterocycles. The number of hydrogen-bond acceptors (Lipinski definition) is 2. The molecule has 0 saturated heterocycles. The molecule has 0 saturated carbocycles. The van der Waals surface area contributed by atoms with Crippen LogP contribution in [-0.2, 0) is 9.53 Å². The van der Waals surface area contributed by atoms with E-state index >= 15 is 0 Å². The zero-order valence-corrected chi connectivity index (χ0v) is 10.3. The molecule has 0 aromatic heterocycles. The highest BCUT2D eigenvalue weighted by atomic mass is 16.6. The van der Waals surface area contributed by atoms with Gasteiger partial charge in [0, 0.05) is 6.42 Å². The van der Waals surface area contributed by atoms with E-state index in [4.69, 9.17) is 4.74 Å². The summed E-state index contributed by atoms with van der Waals surface area (Å²) in [6, 6.07) is 0. The topological polar surface area (TPSA) is 26.3 Å². The number of carbonyl (C=O) groups is 1. The Kier molecular flexibility index (Phi) is 5.99. The predicted molar refractivity (Wildman–Crippen MR) is 63.7 cm³/mol. The highest BCUT2D eigenvalue weighted by Crippen LogP contribution is 2.20. The van der Waals surface area contributed by atoms with Crippen molar-refractivity contribution in [1.82, 2.24) is 0 Å². The number of hydrogen-bond donors (Lipinski definition) is 0. The van der Waals surface area contributed by atoms with Crippen LogP contribution in [0, 0.1) is 0 Å². The second kappa shape index (κ2) is 6.44. The molecular weight excluding hydrogens is 188 g/mol. The van der Waals surface area contributed by atoms with Gasteiger partial charge in [0.15, 0.2) is 0 Å². The average Bonchev–Trinajstić information content (AvgIpc) is 2.17. The van der Waals surface area contributed by atoms with E-state index in [1.807, 2.05) is 6.92 Å². The first-order valence-electron chi connectivity index (χ1n) is 5.42. The first kappa shape index (κ1) is 13.9. The molecule has 0 aromatic rings. The maximum Gasteiger partial charge on any atom is 0.306 e. The molecule has 0 amide bonds. The zero-order valence-electron chi connectivity index (χ0n) is 10.3. The largest absolute Gasteiger partial charge is 0.455 e. The summed E-state index contributed by atoms with van der Waals surface area (Å²) < 4.78 is 5.33. The Hall–Kier alpha value is -1.05. The molecule has 0 aliphatic carbocycles. The maximum atomic E-state index is 11.2. The van der Waals surface area contributed by atoms with Crippen molar-refractivity contribution in [1.29, 1.82) is 0 Å². The van der Waals surface area contributed by atoms with Crippen molar-refractivity contribution in [3.05, 3.63) is 24.3 Å². The van der Waals surface area contributed by atoms with Gasteiger partial charge in [-0.05, 0) is 39.7 Å². The van der Waals surface area contributed by atoms with Crippen LogP contribution in [0.4, 0.5) is 0 Å². The summed E-state index contributed by atoms with van der Waals surface area (Å²) >= 11 is 0. The van der Waals surface area contributed by atoms with Crippen LogP contribution in [0.5, 0.6) is 0 Å². The summed E-state index contributed by atoms with van der Waals surface area (Å²) in [6.07, 6.45) is 5.95. The van der Waals surface area contributed by atoms with Gasteiger partial charge in [-0.25, -0.2) is 0 Å². The molecule has 1 atom stereocenters. The molecule has 0 unspecified atom stereocenters. The number of allylic oxidation sites excluding steroid dienone is 2. The van der Waals surface area contributed by atoms with Gasteiger partial charge in [-0.1, -0.05) is 25.2 Å². The first-order valence-corrected chi connectivity index (χ1v) is 5.42. The van der Waals surface area contributed by atoms with Crippen LogP contribution in [0.3, 0.4) is 0 Å². The van der Waals surface area contributed by atoms with Crippen LogP contribution in [0.15, 0.2) is 24.3 Å². The minimum Gasteiger partial charge on any atom is -0.455 e. The quantitative estimate of drug-likeness (QED) is 0.494. The van der Waals surface area contributed by atoms with Gasteiger partial charge >= 0.3 is 5.97 Å². The minimum absolute atomic E-state index is 0.172. The predicted octanol–water partition coefficient (Wildman–Crippen LogP) is 3.63. The molecule has 0 rings (SSSR count). The van der Waals surface area contributed by atoms with E-state index in [0.717, 1.165) is 12.8 Å². The van der Waals surface area contributed by atoms with E-state index in [9.17, 15) is 4.79 Å². The Morgan fingerprint density at radius 1 is 1.47 bits per heavy atom. The van der Waals surface area contributed by atoms with Gasteiger partial charge in [0.2, 0.25) is 0 Å². The van der Waals surface area contributed by atoms with Crippen molar-refractivity contribution in [2.75, 3.05) is 0 Å². The molecule has 0 aliphatic rings. The second-order valence-corrected chi connectivity index (χ2v) is 4.16. The molecule has 0 bridgehead atoms. The molecule has 2 nitrogen and oxygen atoms in total. The average molecular weight is 210 g/mol. The lowest BCUT2D eigenvalue weighted by Gasteiger charge is -2.25. The summed E-state index contributed by atoms with van der Waals surface area (Å²) in [5.74, 6) is -0.172. The van der Waals surface area contributed by atoms with Crippen molar-refractivity contribution < 1.29 is 9.53 Å². The van der Waals surface area contributed by atoms with Crippen LogP contribution in [0.1, 0.15) is 47.0 Å². The lowest BCUT2D eigenvalue weighted by atomic mass is 9.99. The first-order chi connectivity index (χ1) is 6.93. The van der Waals surface area contributed by atoms with E-state index in [-0.39, 0.29) is 5.97 Å². The van der Waals surface area contributed by atoms with Crippen LogP contribution >= 0.6 is 0 Å². The van der Waals surface area contributed by atoms with Gasteiger partial charge in [-0.15, -0.1) is 0 Å². The van der Waals surface area contributed by atoms with Crippen LogP contribution in [0.25, 0.3) is 0 Å². The Bertz CT molecular complexity index is 249. The van der Waals surface area contributed by atoms with Crippen molar-refractivity contribution >= 4 is 5.97 Å². The minimum atomic E-state index is -0.529. The number of rotatable bonds is 6. The summed E-state index contributed by atoms with van der Waals surface area (Å²) in [5, 5.41) is 0. The fourth-order valence-corrected chi connectivity index (χ4v) is 1.17. The van der Waals surface area contributed by atoms with E-state index in [0.29, 0.717) is 6.42 Å². The van der Waals surface area contributed by atoms with Crippen molar-refractivity contribution in [3.63, 3.8) is 0 Å². The normalized spacial score (nSPS) is 13.9. The third kappa shape index (κ3) is 6.10. The van der Waals surface area contributed by atoms with Gasteiger partial charge < -0.3 is 4.74 Å². The smallest absolute Gasteiger partial charge is 0.306 e. The van der Waals surface area contributed by atoms with E-state index in [1.165, 1.54) is 5.57 Å². The standard InChI is InChI=1S/C13H22O2/c1-6-12(14)15-13(5,7-2)10-8-9-11(3)4/h7,9H,2,6,8,10H2,1,3-5H3/t13-/m0/s1. The Labute approximate surface area is 93.0 Å². The molecule has 0 N–H and O–H groups in total. The number of esters is 1. The molecule has 0 fully saturated rings. The van der Waals surface area contributed by atoms with Gasteiger partial charge in [-0.2, -0.15) is 0 Å². The Balaban J connectivity index is 4.25. The highest BCUT2D eigenvalue weighted by molar-refractivity contribution is 5.69. The molecule has 0 heterocycles. The van der Waals surface area contributed by atoms with Crippen LogP contribution in [0.2, 0.25) is 0 Å². The van der Waals surface area contributed by atoms with Gasteiger partial charge in [-0.3, -0.25) is 4.79 Å². The van der Waals surface area contributed by atoms with Gasteiger partial charge in [0.1, 0.15) is 5.60 Å². The second-order valence-electron chi connectivity index (χ2n) is 4.16. The molecule has 0 radical (unpaired) electrons. The molecular formula is C13H22O2. The maximum absolute atomic E-state index is 11.2. The van der Waals surface area contributed by atoms with Gasteiger partial charge in [0.05, 0.1) is 0 Å². The molecule has 2 heteroatoms. The highest BCUT2D eigenvalue weighted by Gasteiger charge is 2.23. The summed E-state index contributed by atoms with van der Waals surface area (Å²) in [5.41, 5.74) is 0.752. The summed E-state index contributed by atoms with van der Waals surface area (Å²) in [4.78, 5) is 11.2. The van der Waals surface area contributed by atoms with E-state index in [2.05, 4.69) is 26.5 Å². The molecule has 86 valence electrons. The van der Waals surface area contributed by atoms with Crippen molar-refractivity contribution in [2.45, 2.75) is 52.6 Å². The van der Waals surface area contributed by atoms with Crippen molar-refractivity contribution in [2.24, 2.45) is 0 Å². The van der Waals surface area contributed by atoms with E-state index in [1.54, 1.807) is 13.0 Å². The van der Waals surface area contributed by atoms with E-state index < -0.39 is 5.60 Å². The molecule has 0 aromatic carbocycles. The lowest BCUT2D eigenvalue weighted by molar-refractivity contribution is -0.153. The zero-order chi connectivity index (χ0) is 11.9. The van der Waals surface area contributed by atoms with Crippen LogP contribution < -0.4 is 0 Å². The monoisotopic (exact) mass is 210 g/mol. The number of carbonyl (C=O) groups excluding carboxylic acids is 1. The molecule has 0 spiro atoms.